The number of pyridine rings is 1. The molecule has 1 aromatic carbocycles. The number of ether oxygens (including phenoxy) is 1. The fourth-order valence-electron chi connectivity index (χ4n) is 5.38. The minimum absolute atomic E-state index is 0.138. The predicted octanol–water partition coefficient (Wildman–Crippen LogP) is 4.13. The van der Waals surface area contributed by atoms with Gasteiger partial charge < -0.3 is 19.9 Å². The van der Waals surface area contributed by atoms with Gasteiger partial charge in [-0.15, -0.1) is 0 Å². The summed E-state index contributed by atoms with van der Waals surface area (Å²) in [5, 5.41) is 11.5. The number of nitrogens with one attached hydrogen (secondary N) is 2. The van der Waals surface area contributed by atoms with Crippen LogP contribution >= 0.6 is 0 Å². The van der Waals surface area contributed by atoms with E-state index in [1.165, 1.54) is 18.6 Å². The maximum atomic E-state index is 14.0. The van der Waals surface area contributed by atoms with Gasteiger partial charge in [0.25, 0.3) is 0 Å². The van der Waals surface area contributed by atoms with Gasteiger partial charge in [-0.05, 0) is 56.5 Å². The molecule has 0 radical (unpaired) electrons. The van der Waals surface area contributed by atoms with Crippen LogP contribution in [0, 0.1) is 17.6 Å². The average Bonchev–Trinajstić information content (AvgIpc) is 3.25. The number of methoxy groups -OCH3 is 1. The van der Waals surface area contributed by atoms with E-state index in [4.69, 9.17) is 4.74 Å². The first kappa shape index (κ1) is 23.1. The Morgan fingerprint density at radius 3 is 2.71 bits per heavy atom. The summed E-state index contributed by atoms with van der Waals surface area (Å²) in [7, 11) is 3.97. The molecule has 2 aromatic heterocycles. The van der Waals surface area contributed by atoms with Gasteiger partial charge in [-0.25, -0.2) is 13.8 Å². The molecule has 1 aliphatic carbocycles. The second kappa shape index (κ2) is 9.93. The van der Waals surface area contributed by atoms with Crippen LogP contribution in [0.2, 0.25) is 0 Å². The lowest BCUT2D eigenvalue weighted by Gasteiger charge is -2.39. The first-order valence-electron chi connectivity index (χ1n) is 12.0. The zero-order chi connectivity index (χ0) is 23.7. The Hall–Kier alpha value is -2.62. The van der Waals surface area contributed by atoms with Gasteiger partial charge in [0, 0.05) is 57.2 Å². The summed E-state index contributed by atoms with van der Waals surface area (Å²) in [6.45, 7) is 5.65. The van der Waals surface area contributed by atoms with Crippen molar-refractivity contribution in [3.05, 3.63) is 47.7 Å². The smallest absolute Gasteiger partial charge is 0.183 e. The van der Waals surface area contributed by atoms with Crippen LogP contribution in [0.1, 0.15) is 30.9 Å². The first-order valence-corrected chi connectivity index (χ1v) is 12.0. The highest BCUT2D eigenvalue weighted by Crippen LogP contribution is 2.40. The fourth-order valence-corrected chi connectivity index (χ4v) is 5.38. The van der Waals surface area contributed by atoms with Crippen molar-refractivity contribution in [3.63, 3.8) is 0 Å². The molecular weight excluding hydrogens is 438 g/mol. The van der Waals surface area contributed by atoms with Gasteiger partial charge in [-0.3, -0.25) is 5.10 Å². The highest BCUT2D eigenvalue weighted by atomic mass is 19.1. The molecule has 0 bridgehead atoms. The Bertz CT molecular complexity index is 1130. The number of aromatic nitrogens is 3. The van der Waals surface area contributed by atoms with Gasteiger partial charge in [0.15, 0.2) is 5.65 Å². The van der Waals surface area contributed by atoms with E-state index >= 15 is 0 Å². The van der Waals surface area contributed by atoms with Gasteiger partial charge >= 0.3 is 0 Å². The van der Waals surface area contributed by atoms with Gasteiger partial charge in [0.1, 0.15) is 17.5 Å². The van der Waals surface area contributed by atoms with E-state index in [0.717, 1.165) is 62.7 Å². The van der Waals surface area contributed by atoms with Crippen molar-refractivity contribution in [1.29, 1.82) is 0 Å². The summed E-state index contributed by atoms with van der Waals surface area (Å²) in [6, 6.07) is 7.18. The van der Waals surface area contributed by atoms with E-state index < -0.39 is 11.6 Å². The van der Waals surface area contributed by atoms with Crippen LogP contribution in [-0.4, -0.2) is 78.0 Å². The van der Waals surface area contributed by atoms with E-state index in [1.807, 2.05) is 6.07 Å². The number of benzene rings is 1. The molecule has 2 fully saturated rings. The van der Waals surface area contributed by atoms with E-state index in [9.17, 15) is 8.78 Å². The molecule has 0 spiro atoms. The van der Waals surface area contributed by atoms with Crippen molar-refractivity contribution in [3.8, 4) is 0 Å². The third-order valence-electron chi connectivity index (χ3n) is 7.32. The molecule has 9 heteroatoms. The number of piperazine rings is 1. The second-order valence-corrected chi connectivity index (χ2v) is 9.62. The quantitative estimate of drug-likeness (QED) is 0.565. The lowest BCUT2D eigenvalue weighted by atomic mass is 9.77. The van der Waals surface area contributed by atoms with Crippen molar-refractivity contribution in [2.24, 2.45) is 5.92 Å². The summed E-state index contributed by atoms with van der Waals surface area (Å²) in [6.07, 6.45) is 3.38. The number of hydrogen-bond acceptors (Lipinski definition) is 6. The van der Waals surface area contributed by atoms with Crippen molar-refractivity contribution < 1.29 is 13.5 Å². The molecule has 182 valence electrons. The standard InChI is InChI=1S/C25H32F2N6O/c1-32-9-11-33(12-10-32)15-16-3-7-22(34-2)19(13-16)24-18-5-8-23(29-25(18)31-30-24)28-21-6-4-17(26)14-20(21)27/h4-6,8,14,16,19,22H,3,7,9-13,15H2,1-2H3,(H2,28,29,30,31). The maximum absolute atomic E-state index is 14.0. The molecule has 34 heavy (non-hydrogen) atoms. The molecule has 3 aromatic rings. The minimum atomic E-state index is -0.666. The Labute approximate surface area is 198 Å². The summed E-state index contributed by atoms with van der Waals surface area (Å²) in [4.78, 5) is 9.53. The molecule has 1 saturated heterocycles. The van der Waals surface area contributed by atoms with Crippen molar-refractivity contribution in [1.82, 2.24) is 25.0 Å². The Balaban J connectivity index is 1.33. The van der Waals surface area contributed by atoms with Crippen LogP contribution in [0.15, 0.2) is 30.3 Å². The molecule has 0 amide bonds. The molecular formula is C25H32F2N6O. The lowest BCUT2D eigenvalue weighted by molar-refractivity contribution is 0.0266. The van der Waals surface area contributed by atoms with Crippen LogP contribution in [0.25, 0.3) is 11.0 Å². The third kappa shape index (κ3) is 4.92. The van der Waals surface area contributed by atoms with Gasteiger partial charge in [0.05, 0.1) is 17.5 Å². The maximum Gasteiger partial charge on any atom is 0.183 e. The molecule has 1 saturated carbocycles. The number of fused-ring (bicyclic) bond motifs is 1. The van der Waals surface area contributed by atoms with E-state index in [-0.39, 0.29) is 17.7 Å². The first-order chi connectivity index (χ1) is 16.5. The van der Waals surface area contributed by atoms with Crippen molar-refractivity contribution >= 4 is 22.5 Å². The minimum Gasteiger partial charge on any atom is -0.381 e. The predicted molar refractivity (Wildman–Crippen MR) is 128 cm³/mol. The number of halogens is 2. The number of nitrogens with zero attached hydrogens (tertiary/aromatic N) is 4. The highest BCUT2D eigenvalue weighted by molar-refractivity contribution is 5.80. The zero-order valence-electron chi connectivity index (χ0n) is 19.7. The number of H-pyrrole nitrogens is 1. The molecule has 5 rings (SSSR count). The van der Waals surface area contributed by atoms with Crippen LogP contribution in [0.4, 0.5) is 20.3 Å². The van der Waals surface area contributed by atoms with E-state index in [0.29, 0.717) is 17.4 Å². The summed E-state index contributed by atoms with van der Waals surface area (Å²) in [5.41, 5.74) is 1.79. The zero-order valence-corrected chi connectivity index (χ0v) is 19.7. The topological polar surface area (TPSA) is 69.3 Å². The normalized spacial score (nSPS) is 24.5. The Kier molecular flexibility index (Phi) is 6.76. The molecule has 3 unspecified atom stereocenters. The van der Waals surface area contributed by atoms with Gasteiger partial charge in [0.2, 0.25) is 0 Å². The van der Waals surface area contributed by atoms with Gasteiger partial charge in [-0.1, -0.05) is 0 Å². The fraction of sp³-hybridized carbons (Fsp3) is 0.520. The lowest BCUT2D eigenvalue weighted by Crippen LogP contribution is -2.47. The third-order valence-corrected chi connectivity index (χ3v) is 7.32. The van der Waals surface area contributed by atoms with E-state index in [2.05, 4.69) is 37.3 Å². The van der Waals surface area contributed by atoms with Crippen LogP contribution in [0.3, 0.4) is 0 Å². The molecule has 2 aliphatic rings. The summed E-state index contributed by atoms with van der Waals surface area (Å²) in [5.74, 6) is 0.0106. The number of likely N-dealkylation sites (N-methyl/N-ethyl adjacent to an activating group) is 1. The second-order valence-electron chi connectivity index (χ2n) is 9.62. The van der Waals surface area contributed by atoms with Crippen LogP contribution in [0.5, 0.6) is 0 Å². The van der Waals surface area contributed by atoms with Gasteiger partial charge in [-0.2, -0.15) is 5.10 Å². The SMILES string of the molecule is COC1CCC(CN2CCN(C)CC2)CC1c1[nH]nc2nc(Nc3ccc(F)cc3F)ccc12. The van der Waals surface area contributed by atoms with Crippen molar-refractivity contribution in [2.45, 2.75) is 31.3 Å². The Morgan fingerprint density at radius 1 is 1.12 bits per heavy atom. The molecule has 2 N–H and O–H groups in total. The number of hydrogen-bond donors (Lipinski definition) is 2. The number of rotatable bonds is 6. The van der Waals surface area contributed by atoms with Crippen LogP contribution < -0.4 is 5.32 Å². The molecule has 1 aliphatic heterocycles. The Morgan fingerprint density at radius 2 is 1.94 bits per heavy atom. The average molecular weight is 471 g/mol. The van der Waals surface area contributed by atoms with Crippen LogP contribution in [-0.2, 0) is 4.74 Å². The number of aromatic amines is 1. The van der Waals surface area contributed by atoms with E-state index in [1.54, 1.807) is 13.2 Å². The monoisotopic (exact) mass is 470 g/mol. The largest absolute Gasteiger partial charge is 0.381 e. The summed E-state index contributed by atoms with van der Waals surface area (Å²) < 4.78 is 33.1. The van der Waals surface area contributed by atoms with Crippen molar-refractivity contribution in [2.75, 3.05) is 52.2 Å². The number of anilines is 2. The molecule has 3 atom stereocenters. The summed E-state index contributed by atoms with van der Waals surface area (Å²) >= 11 is 0. The highest BCUT2D eigenvalue weighted by Gasteiger charge is 2.35. The molecule has 3 heterocycles. The molecule has 7 nitrogen and oxygen atoms in total.